The number of hydrogen-bond donors (Lipinski definition) is 0. The fourth-order valence-corrected chi connectivity index (χ4v) is 1.49. The van der Waals surface area contributed by atoms with Gasteiger partial charge in [-0.25, -0.2) is 4.79 Å². The molecule has 1 aromatic rings. The summed E-state index contributed by atoms with van der Waals surface area (Å²) in [5.41, 5.74) is 1.29. The van der Waals surface area contributed by atoms with Crippen LogP contribution in [0, 0.1) is 0 Å². The van der Waals surface area contributed by atoms with Crippen LogP contribution < -0.4 is 0 Å². The molecule has 0 aromatic heterocycles. The summed E-state index contributed by atoms with van der Waals surface area (Å²) in [4.78, 5) is 22.9. The van der Waals surface area contributed by atoms with Gasteiger partial charge in [-0.05, 0) is 31.0 Å². The number of ether oxygens (including phenoxy) is 2. The minimum Gasteiger partial charge on any atom is -0.465 e. The first-order valence-corrected chi connectivity index (χ1v) is 5.95. The lowest BCUT2D eigenvalue weighted by Gasteiger charge is -2.11. The van der Waals surface area contributed by atoms with Crippen molar-refractivity contribution < 1.29 is 19.1 Å². The van der Waals surface area contributed by atoms with E-state index in [1.807, 2.05) is 6.92 Å². The Morgan fingerprint density at radius 1 is 1.22 bits per heavy atom. The molecule has 0 heterocycles. The van der Waals surface area contributed by atoms with E-state index >= 15 is 0 Å². The van der Waals surface area contributed by atoms with Gasteiger partial charge in [-0.1, -0.05) is 19.1 Å². The molecule has 4 heteroatoms. The average molecular weight is 250 g/mol. The molecule has 0 bridgehead atoms. The van der Waals surface area contributed by atoms with Crippen molar-refractivity contribution in [3.8, 4) is 0 Å². The second-order valence-electron chi connectivity index (χ2n) is 4.00. The minimum absolute atomic E-state index is 0.248. The lowest BCUT2D eigenvalue weighted by Crippen LogP contribution is -2.14. The quantitative estimate of drug-likeness (QED) is 0.753. The van der Waals surface area contributed by atoms with Gasteiger partial charge in [0.05, 0.1) is 25.2 Å². The van der Waals surface area contributed by atoms with E-state index in [1.165, 1.54) is 7.11 Å². The maximum atomic E-state index is 11.7. The van der Waals surface area contributed by atoms with Crippen LogP contribution in [-0.2, 0) is 14.3 Å². The van der Waals surface area contributed by atoms with E-state index < -0.39 is 0 Å². The Morgan fingerprint density at radius 2 is 1.83 bits per heavy atom. The summed E-state index contributed by atoms with van der Waals surface area (Å²) in [6.45, 7) is 4.16. The van der Waals surface area contributed by atoms with Crippen molar-refractivity contribution in [2.24, 2.45) is 0 Å². The first kappa shape index (κ1) is 14.2. The van der Waals surface area contributed by atoms with Crippen molar-refractivity contribution in [1.82, 2.24) is 0 Å². The second-order valence-corrected chi connectivity index (χ2v) is 4.00. The van der Waals surface area contributed by atoms with Gasteiger partial charge < -0.3 is 9.47 Å². The third kappa shape index (κ3) is 3.58. The molecular formula is C14H18O4. The molecule has 4 nitrogen and oxygen atoms in total. The summed E-state index contributed by atoms with van der Waals surface area (Å²) in [5, 5.41) is 0. The smallest absolute Gasteiger partial charge is 0.337 e. The van der Waals surface area contributed by atoms with E-state index in [4.69, 9.17) is 4.74 Å². The van der Waals surface area contributed by atoms with E-state index in [9.17, 15) is 9.59 Å². The van der Waals surface area contributed by atoms with Crippen LogP contribution in [0.4, 0.5) is 0 Å². The summed E-state index contributed by atoms with van der Waals surface area (Å²) in [6.07, 6.45) is 0.805. The van der Waals surface area contributed by atoms with Crippen LogP contribution in [0.5, 0.6) is 0 Å². The fraction of sp³-hybridized carbons (Fsp3) is 0.429. The third-order valence-electron chi connectivity index (χ3n) is 2.63. The van der Waals surface area contributed by atoms with Gasteiger partial charge in [-0.2, -0.15) is 0 Å². The maximum absolute atomic E-state index is 11.7. The molecule has 0 aliphatic rings. The largest absolute Gasteiger partial charge is 0.465 e. The summed E-state index contributed by atoms with van der Waals surface area (Å²) in [6, 6.07) is 6.77. The SMILES string of the molecule is CCCOC(=O)C(C)c1ccc(C(=O)OC)cc1. The van der Waals surface area contributed by atoms with E-state index in [2.05, 4.69) is 4.74 Å². The molecule has 0 aliphatic heterocycles. The Bertz CT molecular complexity index is 408. The molecule has 0 saturated carbocycles. The van der Waals surface area contributed by atoms with Gasteiger partial charge in [-0.3, -0.25) is 4.79 Å². The topological polar surface area (TPSA) is 52.6 Å². The van der Waals surface area contributed by atoms with E-state index in [1.54, 1.807) is 31.2 Å². The van der Waals surface area contributed by atoms with Crippen LogP contribution >= 0.6 is 0 Å². The molecule has 18 heavy (non-hydrogen) atoms. The number of methoxy groups -OCH3 is 1. The predicted molar refractivity (Wildman–Crippen MR) is 67.4 cm³/mol. The molecule has 1 aromatic carbocycles. The van der Waals surface area contributed by atoms with Gasteiger partial charge in [0.25, 0.3) is 0 Å². The first-order chi connectivity index (χ1) is 8.60. The molecule has 0 radical (unpaired) electrons. The molecule has 1 atom stereocenters. The molecule has 0 N–H and O–H groups in total. The van der Waals surface area contributed by atoms with Gasteiger partial charge in [0, 0.05) is 0 Å². The highest BCUT2D eigenvalue weighted by Gasteiger charge is 2.17. The fourth-order valence-electron chi connectivity index (χ4n) is 1.49. The molecule has 0 saturated heterocycles. The van der Waals surface area contributed by atoms with Crippen molar-refractivity contribution >= 4 is 11.9 Å². The van der Waals surface area contributed by atoms with Crippen molar-refractivity contribution in [2.45, 2.75) is 26.2 Å². The Kier molecular flexibility index (Phi) is 5.36. The van der Waals surface area contributed by atoms with Gasteiger partial charge in [0.15, 0.2) is 0 Å². The number of hydrogen-bond acceptors (Lipinski definition) is 4. The van der Waals surface area contributed by atoms with Crippen molar-refractivity contribution in [3.63, 3.8) is 0 Å². The highest BCUT2D eigenvalue weighted by molar-refractivity contribution is 5.89. The lowest BCUT2D eigenvalue weighted by molar-refractivity contribution is -0.145. The Hall–Kier alpha value is -1.84. The normalized spacial score (nSPS) is 11.7. The van der Waals surface area contributed by atoms with Gasteiger partial charge in [0.1, 0.15) is 0 Å². The van der Waals surface area contributed by atoms with E-state index in [0.29, 0.717) is 12.2 Å². The minimum atomic E-state index is -0.386. The van der Waals surface area contributed by atoms with Crippen LogP contribution in [-0.4, -0.2) is 25.7 Å². The highest BCUT2D eigenvalue weighted by atomic mass is 16.5. The molecule has 1 rings (SSSR count). The molecule has 0 aliphatic carbocycles. The molecule has 0 fully saturated rings. The molecule has 0 spiro atoms. The summed E-state index contributed by atoms with van der Waals surface area (Å²) in [5.74, 6) is -0.964. The molecule has 98 valence electrons. The number of carbonyl (C=O) groups excluding carboxylic acids is 2. The second kappa shape index (κ2) is 6.79. The Morgan fingerprint density at radius 3 is 2.33 bits per heavy atom. The van der Waals surface area contributed by atoms with Crippen LogP contribution in [0.1, 0.15) is 42.1 Å². The van der Waals surface area contributed by atoms with Crippen LogP contribution in [0.25, 0.3) is 0 Å². The summed E-state index contributed by atoms with van der Waals surface area (Å²) >= 11 is 0. The monoisotopic (exact) mass is 250 g/mol. The van der Waals surface area contributed by atoms with Crippen molar-refractivity contribution in [3.05, 3.63) is 35.4 Å². The Labute approximate surface area is 107 Å². The number of rotatable bonds is 5. The average Bonchev–Trinajstić information content (AvgIpc) is 2.43. The maximum Gasteiger partial charge on any atom is 0.337 e. The zero-order valence-electron chi connectivity index (χ0n) is 10.9. The summed E-state index contributed by atoms with van der Waals surface area (Å²) in [7, 11) is 1.33. The molecular weight excluding hydrogens is 232 g/mol. The standard InChI is InChI=1S/C14H18O4/c1-4-9-18-13(15)10(2)11-5-7-12(8-6-11)14(16)17-3/h5-8,10H,4,9H2,1-3H3. The predicted octanol–water partition coefficient (Wildman–Crippen LogP) is 2.53. The van der Waals surface area contributed by atoms with Crippen LogP contribution in [0.2, 0.25) is 0 Å². The van der Waals surface area contributed by atoms with E-state index in [-0.39, 0.29) is 17.9 Å². The number of carbonyl (C=O) groups is 2. The Balaban J connectivity index is 2.72. The summed E-state index contributed by atoms with van der Waals surface area (Å²) < 4.78 is 9.68. The molecule has 0 amide bonds. The van der Waals surface area contributed by atoms with Crippen LogP contribution in [0.15, 0.2) is 24.3 Å². The van der Waals surface area contributed by atoms with Crippen molar-refractivity contribution in [2.75, 3.05) is 13.7 Å². The van der Waals surface area contributed by atoms with E-state index in [0.717, 1.165) is 12.0 Å². The zero-order valence-corrected chi connectivity index (χ0v) is 10.9. The first-order valence-electron chi connectivity index (χ1n) is 5.95. The highest BCUT2D eigenvalue weighted by Crippen LogP contribution is 2.18. The van der Waals surface area contributed by atoms with Gasteiger partial charge in [-0.15, -0.1) is 0 Å². The number of esters is 2. The van der Waals surface area contributed by atoms with Gasteiger partial charge >= 0.3 is 11.9 Å². The van der Waals surface area contributed by atoms with Crippen LogP contribution in [0.3, 0.4) is 0 Å². The van der Waals surface area contributed by atoms with Crippen molar-refractivity contribution in [1.29, 1.82) is 0 Å². The van der Waals surface area contributed by atoms with Gasteiger partial charge in [0.2, 0.25) is 0 Å². The lowest BCUT2D eigenvalue weighted by atomic mass is 10.00. The number of benzene rings is 1. The zero-order chi connectivity index (χ0) is 13.5. The molecule has 1 unspecified atom stereocenters. The third-order valence-corrected chi connectivity index (χ3v) is 2.63.